The van der Waals surface area contributed by atoms with Crippen LogP contribution in [0.2, 0.25) is 6.32 Å². The van der Waals surface area contributed by atoms with Crippen molar-refractivity contribution in [3.8, 4) is 0 Å². The molecular formula is C4H9BO2. The maximum absolute atomic E-state index is 4.95. The van der Waals surface area contributed by atoms with E-state index in [1.807, 2.05) is 0 Å². The van der Waals surface area contributed by atoms with E-state index in [2.05, 4.69) is 6.92 Å². The molecule has 1 rings (SSSR count). The average molecular weight is 99.9 g/mol. The van der Waals surface area contributed by atoms with E-state index in [9.17, 15) is 0 Å². The summed E-state index contributed by atoms with van der Waals surface area (Å²) in [5, 5.41) is 0. The lowest BCUT2D eigenvalue weighted by Crippen LogP contribution is -2.35. The summed E-state index contributed by atoms with van der Waals surface area (Å²) in [4.78, 5) is 0. The van der Waals surface area contributed by atoms with Crippen LogP contribution in [-0.2, 0) is 9.31 Å². The molecule has 1 fully saturated rings. The first-order chi connectivity index (χ1) is 3.43. The second-order valence-electron chi connectivity index (χ2n) is 1.67. The number of rotatable bonds is 2. The molecule has 0 aromatic carbocycles. The lowest BCUT2D eigenvalue weighted by atomic mass is 9.82. The van der Waals surface area contributed by atoms with Crippen molar-refractivity contribution in [3.05, 3.63) is 0 Å². The standard InChI is InChI=1S/C4H9BO2/c1-2-3-5-6-4-7-5/h2-4H2,1H3. The van der Waals surface area contributed by atoms with E-state index in [1.165, 1.54) is 0 Å². The second kappa shape index (κ2) is 2.33. The summed E-state index contributed by atoms with van der Waals surface area (Å²) in [6.45, 7) is 2.62. The van der Waals surface area contributed by atoms with E-state index in [1.54, 1.807) is 0 Å². The highest BCUT2D eigenvalue weighted by Crippen LogP contribution is 2.08. The van der Waals surface area contributed by atoms with Crippen molar-refractivity contribution >= 4 is 7.12 Å². The Morgan fingerprint density at radius 1 is 1.57 bits per heavy atom. The zero-order valence-corrected chi connectivity index (χ0v) is 4.52. The van der Waals surface area contributed by atoms with Crippen molar-refractivity contribution < 1.29 is 9.31 Å². The molecule has 2 nitrogen and oxygen atoms in total. The van der Waals surface area contributed by atoms with Crippen LogP contribution in [0.5, 0.6) is 0 Å². The van der Waals surface area contributed by atoms with E-state index < -0.39 is 0 Å². The molecule has 0 unspecified atom stereocenters. The largest absolute Gasteiger partial charge is 0.460 e. The normalized spacial score (nSPS) is 19.3. The summed E-state index contributed by atoms with van der Waals surface area (Å²) in [6.07, 6.45) is 2.19. The van der Waals surface area contributed by atoms with Crippen LogP contribution in [0.25, 0.3) is 0 Å². The van der Waals surface area contributed by atoms with Crippen molar-refractivity contribution in [2.45, 2.75) is 19.7 Å². The molecule has 0 N–H and O–H groups in total. The van der Waals surface area contributed by atoms with Gasteiger partial charge in [0.05, 0.1) is 0 Å². The third kappa shape index (κ3) is 1.18. The van der Waals surface area contributed by atoms with Crippen LogP contribution in [0.4, 0.5) is 0 Å². The molecule has 3 heteroatoms. The smallest absolute Gasteiger partial charge is 0.389 e. The maximum atomic E-state index is 4.95. The van der Waals surface area contributed by atoms with Crippen molar-refractivity contribution in [2.24, 2.45) is 0 Å². The molecule has 0 aromatic rings. The van der Waals surface area contributed by atoms with Crippen LogP contribution >= 0.6 is 0 Å². The van der Waals surface area contributed by atoms with Crippen LogP contribution in [0.1, 0.15) is 13.3 Å². The Kier molecular flexibility index (Phi) is 1.71. The predicted molar refractivity (Wildman–Crippen MR) is 27.9 cm³/mol. The quantitative estimate of drug-likeness (QED) is 0.479. The van der Waals surface area contributed by atoms with Crippen LogP contribution in [0.15, 0.2) is 0 Å². The summed E-state index contributed by atoms with van der Waals surface area (Å²) < 4.78 is 9.90. The zero-order chi connectivity index (χ0) is 5.11. The van der Waals surface area contributed by atoms with Gasteiger partial charge in [-0.15, -0.1) is 0 Å². The summed E-state index contributed by atoms with van der Waals surface area (Å²) >= 11 is 0. The Labute approximate surface area is 43.9 Å². The van der Waals surface area contributed by atoms with E-state index >= 15 is 0 Å². The molecule has 1 aliphatic heterocycles. The number of hydrogen-bond donors (Lipinski definition) is 0. The van der Waals surface area contributed by atoms with Gasteiger partial charge in [0.15, 0.2) is 0 Å². The van der Waals surface area contributed by atoms with Crippen LogP contribution in [0.3, 0.4) is 0 Å². The van der Waals surface area contributed by atoms with Gasteiger partial charge in [-0.2, -0.15) is 0 Å². The molecule has 0 atom stereocenters. The van der Waals surface area contributed by atoms with Gasteiger partial charge in [0.25, 0.3) is 0 Å². The Hall–Kier alpha value is -0.0151. The minimum absolute atomic E-state index is 0.130. The molecule has 0 saturated carbocycles. The minimum atomic E-state index is 0.130. The molecule has 0 aromatic heterocycles. The van der Waals surface area contributed by atoms with Crippen molar-refractivity contribution in [1.29, 1.82) is 0 Å². The van der Waals surface area contributed by atoms with Crippen LogP contribution in [-0.4, -0.2) is 13.9 Å². The third-order valence-corrected chi connectivity index (χ3v) is 1.03. The Balaban J connectivity index is 1.93. The molecule has 0 bridgehead atoms. The van der Waals surface area contributed by atoms with E-state index in [4.69, 9.17) is 9.31 Å². The first-order valence-corrected chi connectivity index (χ1v) is 2.66. The SMILES string of the molecule is CCCB1OCO1. The summed E-state index contributed by atoms with van der Waals surface area (Å²) in [7, 11) is 0.130. The Morgan fingerprint density at radius 2 is 2.29 bits per heavy atom. The Bertz CT molecular complexity index is 53.7. The van der Waals surface area contributed by atoms with E-state index in [0.29, 0.717) is 6.79 Å². The van der Waals surface area contributed by atoms with Gasteiger partial charge in [0.1, 0.15) is 6.79 Å². The molecule has 1 aliphatic rings. The van der Waals surface area contributed by atoms with Crippen molar-refractivity contribution in [3.63, 3.8) is 0 Å². The van der Waals surface area contributed by atoms with E-state index in [-0.39, 0.29) is 7.12 Å². The van der Waals surface area contributed by atoms with Crippen LogP contribution < -0.4 is 0 Å². The first-order valence-electron chi connectivity index (χ1n) is 2.66. The minimum Gasteiger partial charge on any atom is -0.389 e. The topological polar surface area (TPSA) is 18.5 Å². The Morgan fingerprint density at radius 3 is 2.43 bits per heavy atom. The third-order valence-electron chi connectivity index (χ3n) is 1.03. The maximum Gasteiger partial charge on any atom is 0.460 e. The number of hydrogen-bond acceptors (Lipinski definition) is 2. The summed E-state index contributed by atoms with van der Waals surface area (Å²) in [5.41, 5.74) is 0. The lowest BCUT2D eigenvalue weighted by molar-refractivity contribution is -0.0127. The predicted octanol–water partition coefficient (Wildman–Crippen LogP) is 0.889. The molecular weight excluding hydrogens is 90.9 g/mol. The highest BCUT2D eigenvalue weighted by atomic mass is 16.8. The summed E-state index contributed by atoms with van der Waals surface area (Å²) in [6, 6.07) is 0. The molecule has 0 spiro atoms. The van der Waals surface area contributed by atoms with E-state index in [0.717, 1.165) is 12.7 Å². The first kappa shape index (κ1) is 5.13. The average Bonchev–Trinajstić information content (AvgIpc) is 1.55. The molecule has 40 valence electrons. The van der Waals surface area contributed by atoms with Crippen molar-refractivity contribution in [2.75, 3.05) is 6.79 Å². The van der Waals surface area contributed by atoms with Gasteiger partial charge < -0.3 is 9.31 Å². The molecule has 1 saturated heterocycles. The lowest BCUT2D eigenvalue weighted by Gasteiger charge is -2.22. The highest BCUT2D eigenvalue weighted by molar-refractivity contribution is 6.46. The van der Waals surface area contributed by atoms with Crippen molar-refractivity contribution in [1.82, 2.24) is 0 Å². The fourth-order valence-electron chi connectivity index (χ4n) is 0.567. The second-order valence-corrected chi connectivity index (χ2v) is 1.67. The molecule has 0 amide bonds. The van der Waals surface area contributed by atoms with Crippen LogP contribution in [0, 0.1) is 0 Å². The summed E-state index contributed by atoms with van der Waals surface area (Å²) in [5.74, 6) is 0. The van der Waals surface area contributed by atoms with Gasteiger partial charge in [0.2, 0.25) is 0 Å². The molecule has 0 aliphatic carbocycles. The fourth-order valence-corrected chi connectivity index (χ4v) is 0.567. The van der Waals surface area contributed by atoms with Gasteiger partial charge in [-0.05, 0) is 6.32 Å². The van der Waals surface area contributed by atoms with Gasteiger partial charge in [-0.1, -0.05) is 13.3 Å². The molecule has 1 heterocycles. The van der Waals surface area contributed by atoms with Gasteiger partial charge >= 0.3 is 7.12 Å². The van der Waals surface area contributed by atoms with Gasteiger partial charge in [0, 0.05) is 0 Å². The zero-order valence-electron chi connectivity index (χ0n) is 4.52. The molecule has 0 radical (unpaired) electrons. The van der Waals surface area contributed by atoms with Gasteiger partial charge in [-0.3, -0.25) is 0 Å². The monoisotopic (exact) mass is 100 g/mol. The highest BCUT2D eigenvalue weighted by Gasteiger charge is 2.24. The molecule has 7 heavy (non-hydrogen) atoms. The van der Waals surface area contributed by atoms with Gasteiger partial charge in [-0.25, -0.2) is 0 Å². The fraction of sp³-hybridized carbons (Fsp3) is 1.00.